The molecule has 1 aliphatic heterocycles. The Hall–Kier alpha value is -1.92. The Morgan fingerprint density at radius 3 is 2.48 bits per heavy atom. The number of rotatable bonds is 5. The summed E-state index contributed by atoms with van der Waals surface area (Å²) in [7, 11) is 1.63. The fraction of sp³-hybridized carbons (Fsp3) is 0.529. The third-order valence-corrected chi connectivity index (χ3v) is 4.06. The first-order valence-corrected chi connectivity index (χ1v) is 7.95. The van der Waals surface area contributed by atoms with Gasteiger partial charge in [-0.3, -0.25) is 14.5 Å². The second-order valence-corrected chi connectivity index (χ2v) is 6.17. The fourth-order valence-electron chi connectivity index (χ4n) is 2.53. The highest BCUT2D eigenvalue weighted by molar-refractivity contribution is 5.94. The quantitative estimate of drug-likeness (QED) is 0.844. The number of amides is 2. The van der Waals surface area contributed by atoms with E-state index in [0.717, 1.165) is 24.3 Å². The molecule has 2 N–H and O–H groups in total. The number of aryl methyl sites for hydroxylation is 1. The van der Waals surface area contributed by atoms with Gasteiger partial charge in [0.25, 0.3) is 0 Å². The predicted molar refractivity (Wildman–Crippen MR) is 89.1 cm³/mol. The molecule has 0 spiro atoms. The Morgan fingerprint density at radius 1 is 1.26 bits per heavy atom. The molecule has 0 radical (unpaired) electrons. The zero-order valence-electron chi connectivity index (χ0n) is 13.8. The van der Waals surface area contributed by atoms with E-state index in [1.807, 2.05) is 36.1 Å². The SMILES string of the molecule is Cc1ccc(NC(=O)CN(C)C(=O)CN2CCC(O)CC2)cc1. The number of hydrogen-bond donors (Lipinski definition) is 2. The van der Waals surface area contributed by atoms with Gasteiger partial charge in [-0.1, -0.05) is 17.7 Å². The zero-order valence-corrected chi connectivity index (χ0v) is 13.8. The number of carbonyl (C=O) groups excluding carboxylic acids is 2. The van der Waals surface area contributed by atoms with Crippen LogP contribution in [0.2, 0.25) is 0 Å². The summed E-state index contributed by atoms with van der Waals surface area (Å²) in [5.41, 5.74) is 1.86. The van der Waals surface area contributed by atoms with Gasteiger partial charge in [0.1, 0.15) is 0 Å². The van der Waals surface area contributed by atoms with Crippen LogP contribution >= 0.6 is 0 Å². The molecule has 1 fully saturated rings. The van der Waals surface area contributed by atoms with Gasteiger partial charge >= 0.3 is 0 Å². The van der Waals surface area contributed by atoms with Crippen molar-refractivity contribution in [1.82, 2.24) is 9.80 Å². The minimum Gasteiger partial charge on any atom is -0.393 e. The van der Waals surface area contributed by atoms with Gasteiger partial charge in [0.15, 0.2) is 0 Å². The van der Waals surface area contributed by atoms with Crippen LogP contribution < -0.4 is 5.32 Å². The van der Waals surface area contributed by atoms with Crippen molar-refractivity contribution in [2.75, 3.05) is 38.5 Å². The molecular weight excluding hydrogens is 294 g/mol. The summed E-state index contributed by atoms with van der Waals surface area (Å²) in [6, 6.07) is 7.53. The molecule has 6 heteroatoms. The van der Waals surface area contributed by atoms with E-state index in [-0.39, 0.29) is 24.5 Å². The lowest BCUT2D eigenvalue weighted by molar-refractivity contribution is -0.134. The maximum absolute atomic E-state index is 12.2. The van der Waals surface area contributed by atoms with Crippen LogP contribution in [0, 0.1) is 6.92 Å². The Morgan fingerprint density at radius 2 is 1.87 bits per heavy atom. The van der Waals surface area contributed by atoms with Gasteiger partial charge in [0.05, 0.1) is 19.2 Å². The molecule has 1 saturated heterocycles. The minimum absolute atomic E-state index is 0.0309. The van der Waals surface area contributed by atoms with Crippen molar-refractivity contribution >= 4 is 17.5 Å². The van der Waals surface area contributed by atoms with Crippen LogP contribution in [0.15, 0.2) is 24.3 Å². The normalized spacial score (nSPS) is 16.1. The topological polar surface area (TPSA) is 72.9 Å². The number of likely N-dealkylation sites (tertiary alicyclic amines) is 1. The smallest absolute Gasteiger partial charge is 0.243 e. The second kappa shape index (κ2) is 8.08. The Kier molecular flexibility index (Phi) is 6.12. The van der Waals surface area contributed by atoms with Gasteiger partial charge in [-0.15, -0.1) is 0 Å². The standard InChI is InChI=1S/C17H25N3O3/c1-13-3-5-14(6-4-13)18-16(22)11-19(2)17(23)12-20-9-7-15(21)8-10-20/h3-6,15,21H,7-12H2,1-2H3,(H,18,22). The Labute approximate surface area is 137 Å². The summed E-state index contributed by atoms with van der Waals surface area (Å²) in [6.07, 6.45) is 1.15. The van der Waals surface area contributed by atoms with E-state index < -0.39 is 0 Å². The highest BCUT2D eigenvalue weighted by atomic mass is 16.3. The van der Waals surface area contributed by atoms with Crippen molar-refractivity contribution in [3.63, 3.8) is 0 Å². The lowest BCUT2D eigenvalue weighted by Gasteiger charge is -2.30. The molecular formula is C17H25N3O3. The van der Waals surface area contributed by atoms with Crippen LogP contribution in [-0.2, 0) is 9.59 Å². The molecule has 2 amide bonds. The Bertz CT molecular complexity index is 537. The van der Waals surface area contributed by atoms with Crippen LogP contribution in [0.5, 0.6) is 0 Å². The van der Waals surface area contributed by atoms with Crippen molar-refractivity contribution in [3.05, 3.63) is 29.8 Å². The number of nitrogens with zero attached hydrogens (tertiary/aromatic N) is 2. The van der Waals surface area contributed by atoms with Crippen LogP contribution in [-0.4, -0.2) is 66.1 Å². The average molecular weight is 319 g/mol. The highest BCUT2D eigenvalue weighted by Crippen LogP contribution is 2.10. The fourth-order valence-corrected chi connectivity index (χ4v) is 2.53. The number of nitrogens with one attached hydrogen (secondary N) is 1. The monoisotopic (exact) mass is 319 g/mol. The van der Waals surface area contributed by atoms with E-state index in [2.05, 4.69) is 5.32 Å². The number of piperidine rings is 1. The van der Waals surface area contributed by atoms with Crippen LogP contribution in [0.3, 0.4) is 0 Å². The summed E-state index contributed by atoms with van der Waals surface area (Å²) in [4.78, 5) is 27.6. The Balaban J connectivity index is 1.76. The molecule has 0 saturated carbocycles. The highest BCUT2D eigenvalue weighted by Gasteiger charge is 2.21. The molecule has 2 rings (SSSR count). The van der Waals surface area contributed by atoms with E-state index in [9.17, 15) is 14.7 Å². The first-order valence-electron chi connectivity index (χ1n) is 7.95. The molecule has 0 atom stereocenters. The average Bonchev–Trinajstić information content (AvgIpc) is 2.51. The number of likely N-dealkylation sites (N-methyl/N-ethyl adjacent to an activating group) is 1. The van der Waals surface area contributed by atoms with Gasteiger partial charge in [-0.25, -0.2) is 0 Å². The number of aliphatic hydroxyl groups is 1. The van der Waals surface area contributed by atoms with Gasteiger partial charge in [0, 0.05) is 25.8 Å². The van der Waals surface area contributed by atoms with Gasteiger partial charge in [-0.2, -0.15) is 0 Å². The molecule has 1 aliphatic rings. The molecule has 0 aliphatic carbocycles. The number of anilines is 1. The molecule has 0 unspecified atom stereocenters. The third-order valence-electron chi connectivity index (χ3n) is 4.06. The first-order chi connectivity index (χ1) is 10.9. The van der Waals surface area contributed by atoms with E-state index in [4.69, 9.17) is 0 Å². The van der Waals surface area contributed by atoms with Gasteiger partial charge in [-0.05, 0) is 31.9 Å². The molecule has 1 aromatic carbocycles. The number of benzene rings is 1. The second-order valence-electron chi connectivity index (χ2n) is 6.17. The summed E-state index contributed by atoms with van der Waals surface area (Å²) in [6.45, 7) is 3.74. The minimum atomic E-state index is -0.251. The predicted octanol–water partition coefficient (Wildman–Crippen LogP) is 0.849. The van der Waals surface area contributed by atoms with Crippen LogP contribution in [0.4, 0.5) is 5.69 Å². The first kappa shape index (κ1) is 17.4. The van der Waals surface area contributed by atoms with Crippen LogP contribution in [0.1, 0.15) is 18.4 Å². The summed E-state index contributed by atoms with van der Waals surface area (Å²) in [5.74, 6) is -0.292. The number of hydrogen-bond acceptors (Lipinski definition) is 4. The van der Waals surface area contributed by atoms with Crippen molar-refractivity contribution in [2.24, 2.45) is 0 Å². The largest absolute Gasteiger partial charge is 0.393 e. The molecule has 126 valence electrons. The van der Waals surface area contributed by atoms with Crippen LogP contribution in [0.25, 0.3) is 0 Å². The molecule has 6 nitrogen and oxygen atoms in total. The lowest BCUT2D eigenvalue weighted by Crippen LogP contribution is -2.44. The maximum Gasteiger partial charge on any atom is 0.243 e. The molecule has 1 aromatic rings. The molecule has 0 bridgehead atoms. The number of aliphatic hydroxyl groups excluding tert-OH is 1. The molecule has 0 aromatic heterocycles. The van der Waals surface area contributed by atoms with E-state index in [1.54, 1.807) is 7.05 Å². The molecule has 1 heterocycles. The van der Waals surface area contributed by atoms with Gasteiger partial charge < -0.3 is 15.3 Å². The molecule has 23 heavy (non-hydrogen) atoms. The summed E-state index contributed by atoms with van der Waals surface area (Å²) < 4.78 is 0. The van der Waals surface area contributed by atoms with Gasteiger partial charge in [0.2, 0.25) is 11.8 Å². The van der Waals surface area contributed by atoms with E-state index in [1.165, 1.54) is 4.90 Å². The van der Waals surface area contributed by atoms with Crippen molar-refractivity contribution in [3.8, 4) is 0 Å². The third kappa shape index (κ3) is 5.65. The zero-order chi connectivity index (χ0) is 16.8. The summed E-state index contributed by atoms with van der Waals surface area (Å²) in [5, 5.41) is 12.3. The van der Waals surface area contributed by atoms with E-state index >= 15 is 0 Å². The maximum atomic E-state index is 12.2. The number of carbonyl (C=O) groups is 2. The van der Waals surface area contributed by atoms with Crippen molar-refractivity contribution in [2.45, 2.75) is 25.9 Å². The van der Waals surface area contributed by atoms with Crippen molar-refractivity contribution in [1.29, 1.82) is 0 Å². The summed E-state index contributed by atoms with van der Waals surface area (Å²) >= 11 is 0. The lowest BCUT2D eigenvalue weighted by atomic mass is 10.1. The van der Waals surface area contributed by atoms with E-state index in [0.29, 0.717) is 19.4 Å². The van der Waals surface area contributed by atoms with Crippen molar-refractivity contribution < 1.29 is 14.7 Å².